The number of methoxy groups -OCH3 is 1. The van der Waals surface area contributed by atoms with Crippen molar-refractivity contribution < 1.29 is 41.0 Å². The van der Waals surface area contributed by atoms with E-state index in [2.05, 4.69) is 4.74 Å². The van der Waals surface area contributed by atoms with Gasteiger partial charge in [-0.05, 0) is 23.6 Å². The molecule has 0 aliphatic rings. The number of carboxylic acid groups (broad SMARTS) is 1. The van der Waals surface area contributed by atoms with Crippen LogP contribution in [0.15, 0.2) is 39.9 Å². The van der Waals surface area contributed by atoms with Crippen LogP contribution in [-0.4, -0.2) is 44.6 Å². The molecule has 2 heterocycles. The summed E-state index contributed by atoms with van der Waals surface area (Å²) in [6.07, 6.45) is -5.03. The average molecular weight is 464 g/mol. The number of nitrogens with zero attached hydrogens (tertiary/aromatic N) is 2. The molecule has 0 amide bonds. The normalized spacial score (nSPS) is 12.3. The highest BCUT2D eigenvalue weighted by molar-refractivity contribution is 7.94. The number of anilines is 1. The molecular weight excluding hydrogens is 449 g/mol. The number of thiophene rings is 1. The highest BCUT2D eigenvalue weighted by Crippen LogP contribution is 2.38. The van der Waals surface area contributed by atoms with Crippen LogP contribution in [0.3, 0.4) is 0 Å². The van der Waals surface area contributed by atoms with E-state index in [9.17, 15) is 31.5 Å². The van der Waals surface area contributed by atoms with Gasteiger partial charge in [-0.25, -0.2) is 13.2 Å². The summed E-state index contributed by atoms with van der Waals surface area (Å²) in [6, 6.07) is 5.85. The summed E-state index contributed by atoms with van der Waals surface area (Å²) in [6.45, 7) is -0.273. The first-order valence-electron chi connectivity index (χ1n) is 8.13. The molecule has 0 saturated carbocycles. The van der Waals surface area contributed by atoms with Crippen LogP contribution in [0.2, 0.25) is 0 Å². The van der Waals surface area contributed by atoms with E-state index in [1.807, 2.05) is 0 Å². The third-order valence-electron chi connectivity index (χ3n) is 4.11. The van der Waals surface area contributed by atoms with Crippen molar-refractivity contribution in [3.63, 3.8) is 0 Å². The molecular formula is C17H15F3N2O6S2. The lowest BCUT2D eigenvalue weighted by atomic mass is 10.2. The Kier molecular flexibility index (Phi) is 5.71. The number of aromatic nitrogens is 1. The predicted molar refractivity (Wildman–Crippen MR) is 102 cm³/mol. The lowest BCUT2D eigenvalue weighted by Crippen LogP contribution is -2.27. The SMILES string of the molecule is COCn1c(C(=O)O)cc2cc(OC(F)(F)F)cc(N(C)S(=O)(=O)c3cccs3)c21. The first kappa shape index (κ1) is 21.9. The zero-order valence-corrected chi connectivity index (χ0v) is 17.1. The van der Waals surface area contributed by atoms with Crippen LogP contribution >= 0.6 is 11.3 Å². The van der Waals surface area contributed by atoms with Crippen molar-refractivity contribution in [3.05, 3.63) is 41.4 Å². The number of rotatable bonds is 7. The molecule has 3 rings (SSSR count). The maximum atomic E-state index is 13.0. The zero-order valence-electron chi connectivity index (χ0n) is 15.5. The number of fused-ring (bicyclic) bond motifs is 1. The number of hydrogen-bond donors (Lipinski definition) is 1. The van der Waals surface area contributed by atoms with Crippen molar-refractivity contribution in [1.82, 2.24) is 4.57 Å². The lowest BCUT2D eigenvalue weighted by molar-refractivity contribution is -0.274. The van der Waals surface area contributed by atoms with Crippen molar-refractivity contribution in [1.29, 1.82) is 0 Å². The number of alkyl halides is 3. The first-order valence-corrected chi connectivity index (χ1v) is 10.5. The average Bonchev–Trinajstić information content (AvgIpc) is 3.28. The van der Waals surface area contributed by atoms with Gasteiger partial charge in [0.05, 0.1) is 11.2 Å². The van der Waals surface area contributed by atoms with Gasteiger partial charge in [-0.1, -0.05) is 6.07 Å². The van der Waals surface area contributed by atoms with E-state index in [4.69, 9.17) is 4.74 Å². The van der Waals surface area contributed by atoms with Crippen molar-refractivity contribution in [2.75, 3.05) is 18.5 Å². The van der Waals surface area contributed by atoms with E-state index >= 15 is 0 Å². The van der Waals surface area contributed by atoms with Crippen LogP contribution < -0.4 is 9.04 Å². The Morgan fingerprint density at radius 2 is 2.00 bits per heavy atom. The Morgan fingerprint density at radius 3 is 2.53 bits per heavy atom. The fraction of sp³-hybridized carbons (Fsp3) is 0.235. The van der Waals surface area contributed by atoms with Gasteiger partial charge in [0.25, 0.3) is 10.0 Å². The summed E-state index contributed by atoms with van der Waals surface area (Å²) in [7, 11) is -1.68. The van der Waals surface area contributed by atoms with Crippen molar-refractivity contribution in [2.24, 2.45) is 0 Å². The van der Waals surface area contributed by atoms with Crippen LogP contribution in [0, 0.1) is 0 Å². The van der Waals surface area contributed by atoms with Crippen molar-refractivity contribution in [3.8, 4) is 5.75 Å². The van der Waals surface area contributed by atoms with E-state index in [0.717, 1.165) is 45.5 Å². The van der Waals surface area contributed by atoms with Crippen LogP contribution in [0.25, 0.3) is 10.9 Å². The van der Waals surface area contributed by atoms with E-state index in [1.54, 1.807) is 0 Å². The van der Waals surface area contributed by atoms with E-state index < -0.39 is 28.1 Å². The maximum Gasteiger partial charge on any atom is 0.573 e. The molecule has 0 atom stereocenters. The van der Waals surface area contributed by atoms with Gasteiger partial charge in [0.2, 0.25) is 0 Å². The molecule has 30 heavy (non-hydrogen) atoms. The van der Waals surface area contributed by atoms with Gasteiger partial charge >= 0.3 is 12.3 Å². The van der Waals surface area contributed by atoms with Gasteiger partial charge < -0.3 is 19.1 Å². The summed E-state index contributed by atoms with van der Waals surface area (Å²) >= 11 is 0.931. The zero-order chi connectivity index (χ0) is 22.3. The second-order valence-electron chi connectivity index (χ2n) is 6.01. The molecule has 0 unspecified atom stereocenters. The summed E-state index contributed by atoms with van der Waals surface area (Å²) in [5.74, 6) is -2.05. The second kappa shape index (κ2) is 7.81. The van der Waals surface area contributed by atoms with Crippen LogP contribution in [0.5, 0.6) is 5.75 Å². The summed E-state index contributed by atoms with van der Waals surface area (Å²) < 4.78 is 75.2. The molecule has 162 valence electrons. The molecule has 1 N–H and O–H groups in total. The number of hydrogen-bond acceptors (Lipinski definition) is 6. The molecule has 0 aliphatic heterocycles. The number of halogens is 3. The molecule has 0 bridgehead atoms. The summed E-state index contributed by atoms with van der Waals surface area (Å²) in [5.41, 5.74) is -0.435. The molecule has 0 spiro atoms. The standard InChI is InChI=1S/C17H15F3N2O6S2/c1-21(30(25,26)14-4-3-5-29-14)12-8-11(28-17(18,19)20)6-10-7-13(16(23)24)22(9-27-2)15(10)12/h3-8H,9H2,1-2H3,(H,23,24). The fourth-order valence-electron chi connectivity index (χ4n) is 2.91. The monoisotopic (exact) mass is 464 g/mol. The highest BCUT2D eigenvalue weighted by atomic mass is 32.2. The Hall–Kier alpha value is -2.77. The summed E-state index contributed by atoms with van der Waals surface area (Å²) in [5, 5.41) is 11.0. The Bertz CT molecular complexity index is 1190. The van der Waals surface area contributed by atoms with E-state index in [0.29, 0.717) is 0 Å². The Labute approximate surface area is 172 Å². The van der Waals surface area contributed by atoms with Gasteiger partial charge in [-0.15, -0.1) is 24.5 Å². The van der Waals surface area contributed by atoms with Gasteiger partial charge in [0.15, 0.2) is 0 Å². The molecule has 3 aromatic rings. The number of carboxylic acids is 1. The van der Waals surface area contributed by atoms with Gasteiger partial charge in [-0.3, -0.25) is 4.31 Å². The number of aromatic carboxylic acids is 1. The quantitative estimate of drug-likeness (QED) is 0.572. The van der Waals surface area contributed by atoms with Crippen LogP contribution in [-0.2, 0) is 21.5 Å². The Balaban J connectivity index is 2.32. The smallest absolute Gasteiger partial charge is 0.477 e. The molecule has 0 aliphatic carbocycles. The molecule has 1 aromatic carbocycles. The predicted octanol–water partition coefficient (Wildman–Crippen LogP) is 3.73. The fourth-order valence-corrected chi connectivity index (χ4v) is 5.27. The van der Waals surface area contributed by atoms with E-state index in [-0.39, 0.29) is 33.2 Å². The third kappa shape index (κ3) is 4.08. The largest absolute Gasteiger partial charge is 0.573 e. The second-order valence-corrected chi connectivity index (χ2v) is 9.16. The molecule has 13 heteroatoms. The van der Waals surface area contributed by atoms with Gasteiger partial charge in [-0.2, -0.15) is 0 Å². The topological polar surface area (TPSA) is 98.1 Å². The van der Waals surface area contributed by atoms with E-state index in [1.165, 1.54) is 24.6 Å². The Morgan fingerprint density at radius 1 is 1.30 bits per heavy atom. The third-order valence-corrected chi connectivity index (χ3v) is 7.25. The number of sulfonamides is 1. The summed E-state index contributed by atoms with van der Waals surface area (Å²) in [4.78, 5) is 11.6. The first-order chi connectivity index (χ1) is 14.0. The number of ether oxygens (including phenoxy) is 2. The molecule has 0 fully saturated rings. The highest BCUT2D eigenvalue weighted by Gasteiger charge is 2.33. The van der Waals surface area contributed by atoms with Crippen LogP contribution in [0.1, 0.15) is 10.5 Å². The van der Waals surface area contributed by atoms with Gasteiger partial charge in [0, 0.05) is 25.6 Å². The minimum Gasteiger partial charge on any atom is -0.477 e. The minimum absolute atomic E-state index is 0.0365. The minimum atomic E-state index is -5.03. The molecule has 0 saturated heterocycles. The van der Waals surface area contributed by atoms with Crippen molar-refractivity contribution >= 4 is 43.9 Å². The lowest BCUT2D eigenvalue weighted by Gasteiger charge is -2.22. The van der Waals surface area contributed by atoms with Crippen LogP contribution in [0.4, 0.5) is 18.9 Å². The molecule has 2 aromatic heterocycles. The number of benzene rings is 1. The van der Waals surface area contributed by atoms with Gasteiger partial charge in [0.1, 0.15) is 22.4 Å². The van der Waals surface area contributed by atoms with Crippen molar-refractivity contribution in [2.45, 2.75) is 17.3 Å². The molecule has 0 radical (unpaired) electrons. The molecule has 8 nitrogen and oxygen atoms in total. The maximum absolute atomic E-state index is 13.0. The number of carbonyl (C=O) groups is 1.